The van der Waals surface area contributed by atoms with E-state index in [0.29, 0.717) is 6.61 Å². The van der Waals surface area contributed by atoms with Gasteiger partial charge in [0.2, 0.25) is 0 Å². The molecule has 0 aliphatic heterocycles. The minimum atomic E-state index is 0.717. The second-order valence-corrected chi connectivity index (χ2v) is 4.90. The van der Waals surface area contributed by atoms with Gasteiger partial charge in [-0.15, -0.1) is 0 Å². The van der Waals surface area contributed by atoms with Crippen LogP contribution in [0.2, 0.25) is 0 Å². The summed E-state index contributed by atoms with van der Waals surface area (Å²) in [7, 11) is 3.38. The molecule has 4 nitrogen and oxygen atoms in total. The fourth-order valence-electron chi connectivity index (χ4n) is 1.83. The molecule has 0 spiro atoms. The third-order valence-electron chi connectivity index (χ3n) is 3.24. The Morgan fingerprint density at radius 3 is 2.79 bits per heavy atom. The Balaban J connectivity index is 1.93. The van der Waals surface area contributed by atoms with Crippen molar-refractivity contribution in [1.29, 1.82) is 0 Å². The van der Waals surface area contributed by atoms with E-state index in [1.807, 2.05) is 12.1 Å². The number of hydrogen-bond donors (Lipinski definition) is 1. The van der Waals surface area contributed by atoms with Crippen LogP contribution in [0.4, 0.5) is 0 Å². The van der Waals surface area contributed by atoms with Crippen LogP contribution in [0.1, 0.15) is 18.4 Å². The lowest BCUT2D eigenvalue weighted by atomic mass is 10.2. The summed E-state index contributed by atoms with van der Waals surface area (Å²) in [4.78, 5) is 0. The van der Waals surface area contributed by atoms with E-state index < -0.39 is 0 Å². The van der Waals surface area contributed by atoms with Gasteiger partial charge in [-0.3, -0.25) is 0 Å². The molecule has 4 heteroatoms. The summed E-state index contributed by atoms with van der Waals surface area (Å²) in [5, 5.41) is 3.34. The molecule has 0 saturated heterocycles. The first-order valence-electron chi connectivity index (χ1n) is 6.83. The third-order valence-corrected chi connectivity index (χ3v) is 3.24. The van der Waals surface area contributed by atoms with Crippen LogP contribution in [-0.2, 0) is 11.3 Å². The highest BCUT2D eigenvalue weighted by atomic mass is 16.5. The molecule has 1 aliphatic rings. The van der Waals surface area contributed by atoms with Crippen molar-refractivity contribution in [3.05, 3.63) is 23.8 Å². The molecule has 106 valence electrons. The zero-order valence-corrected chi connectivity index (χ0v) is 11.8. The lowest BCUT2D eigenvalue weighted by Crippen LogP contribution is -2.19. The quantitative estimate of drug-likeness (QED) is 0.695. The summed E-state index contributed by atoms with van der Waals surface area (Å²) in [5.41, 5.74) is 1.16. The minimum Gasteiger partial charge on any atom is -0.497 e. The highest BCUT2D eigenvalue weighted by Gasteiger charge is 2.22. The van der Waals surface area contributed by atoms with Crippen LogP contribution in [0.3, 0.4) is 0 Å². The van der Waals surface area contributed by atoms with E-state index in [0.717, 1.165) is 42.7 Å². The maximum Gasteiger partial charge on any atom is 0.127 e. The first-order chi connectivity index (χ1) is 9.33. The largest absolute Gasteiger partial charge is 0.497 e. The molecule has 0 bridgehead atoms. The average molecular weight is 265 g/mol. The van der Waals surface area contributed by atoms with Gasteiger partial charge in [-0.05, 0) is 24.8 Å². The summed E-state index contributed by atoms with van der Waals surface area (Å²) >= 11 is 0. The molecule has 0 atom stereocenters. The maximum atomic E-state index is 5.91. The van der Waals surface area contributed by atoms with Gasteiger partial charge in [0.15, 0.2) is 0 Å². The minimum absolute atomic E-state index is 0.717. The van der Waals surface area contributed by atoms with Gasteiger partial charge in [0, 0.05) is 31.8 Å². The summed E-state index contributed by atoms with van der Waals surface area (Å²) in [6.45, 7) is 3.16. The Morgan fingerprint density at radius 1 is 1.26 bits per heavy atom. The maximum absolute atomic E-state index is 5.91. The number of methoxy groups -OCH3 is 2. The number of hydrogen-bond acceptors (Lipinski definition) is 4. The molecule has 0 radical (unpaired) electrons. The molecular formula is C15H23NO3. The lowest BCUT2D eigenvalue weighted by molar-refractivity contribution is 0.199. The monoisotopic (exact) mass is 265 g/mol. The van der Waals surface area contributed by atoms with Gasteiger partial charge in [0.05, 0.1) is 20.3 Å². The highest BCUT2D eigenvalue weighted by molar-refractivity contribution is 5.40. The predicted molar refractivity (Wildman–Crippen MR) is 74.8 cm³/mol. The molecule has 19 heavy (non-hydrogen) atoms. The summed E-state index contributed by atoms with van der Waals surface area (Å²) in [5.74, 6) is 2.52. The van der Waals surface area contributed by atoms with Gasteiger partial charge in [-0.1, -0.05) is 6.07 Å². The first kappa shape index (κ1) is 14.2. The topological polar surface area (TPSA) is 39.7 Å². The molecule has 1 N–H and O–H groups in total. The van der Waals surface area contributed by atoms with E-state index in [9.17, 15) is 0 Å². The van der Waals surface area contributed by atoms with E-state index in [-0.39, 0.29) is 0 Å². The molecule has 1 saturated carbocycles. The van der Waals surface area contributed by atoms with E-state index in [1.54, 1.807) is 14.2 Å². The van der Waals surface area contributed by atoms with Crippen LogP contribution in [0, 0.1) is 5.92 Å². The van der Waals surface area contributed by atoms with Crippen molar-refractivity contribution in [3.63, 3.8) is 0 Å². The van der Waals surface area contributed by atoms with Crippen LogP contribution < -0.4 is 14.8 Å². The molecule has 0 amide bonds. The van der Waals surface area contributed by atoms with E-state index in [2.05, 4.69) is 11.4 Å². The lowest BCUT2D eigenvalue weighted by Gasteiger charge is -2.13. The standard InChI is InChI=1S/C15H23NO3/c1-17-8-7-16-10-13-5-6-14(18-2)9-15(13)19-11-12-3-4-12/h5-6,9,12,16H,3-4,7-8,10-11H2,1-2H3. The van der Waals surface area contributed by atoms with E-state index in [1.165, 1.54) is 12.8 Å². The molecule has 1 aromatic rings. The molecule has 2 rings (SSSR count). The Bertz CT molecular complexity index is 391. The molecule has 1 fully saturated rings. The van der Waals surface area contributed by atoms with Crippen molar-refractivity contribution < 1.29 is 14.2 Å². The first-order valence-corrected chi connectivity index (χ1v) is 6.83. The molecule has 0 heterocycles. The normalized spacial score (nSPS) is 14.4. The molecule has 0 aromatic heterocycles. The summed E-state index contributed by atoms with van der Waals surface area (Å²) in [6.07, 6.45) is 2.59. The number of ether oxygens (including phenoxy) is 3. The van der Waals surface area contributed by atoms with E-state index >= 15 is 0 Å². The van der Waals surface area contributed by atoms with Crippen molar-refractivity contribution in [2.75, 3.05) is 34.0 Å². The Hall–Kier alpha value is -1.26. The molecule has 1 aliphatic carbocycles. The van der Waals surface area contributed by atoms with Gasteiger partial charge in [-0.2, -0.15) is 0 Å². The Kier molecular flexibility index (Phi) is 5.48. The molecule has 1 aromatic carbocycles. The number of rotatable bonds is 9. The van der Waals surface area contributed by atoms with Crippen molar-refractivity contribution in [3.8, 4) is 11.5 Å². The van der Waals surface area contributed by atoms with Gasteiger partial charge in [0.1, 0.15) is 11.5 Å². The van der Waals surface area contributed by atoms with Crippen LogP contribution in [0.25, 0.3) is 0 Å². The van der Waals surface area contributed by atoms with Crippen molar-refractivity contribution in [2.24, 2.45) is 5.92 Å². The fraction of sp³-hybridized carbons (Fsp3) is 0.600. The molecular weight excluding hydrogens is 242 g/mol. The van der Waals surface area contributed by atoms with Gasteiger partial charge in [-0.25, -0.2) is 0 Å². The Morgan fingerprint density at radius 2 is 2.11 bits per heavy atom. The van der Waals surface area contributed by atoms with Crippen molar-refractivity contribution in [1.82, 2.24) is 5.32 Å². The average Bonchev–Trinajstić information content (AvgIpc) is 3.26. The third kappa shape index (κ3) is 4.73. The number of benzene rings is 1. The zero-order valence-electron chi connectivity index (χ0n) is 11.8. The highest BCUT2D eigenvalue weighted by Crippen LogP contribution is 2.31. The summed E-state index contributed by atoms with van der Waals surface area (Å²) < 4.78 is 16.2. The van der Waals surface area contributed by atoms with Crippen LogP contribution in [0.5, 0.6) is 11.5 Å². The number of nitrogens with one attached hydrogen (secondary N) is 1. The fourth-order valence-corrected chi connectivity index (χ4v) is 1.83. The van der Waals surface area contributed by atoms with Crippen molar-refractivity contribution >= 4 is 0 Å². The molecule has 0 unspecified atom stereocenters. The predicted octanol–water partition coefficient (Wildman–Crippen LogP) is 2.22. The zero-order chi connectivity index (χ0) is 13.5. The second-order valence-electron chi connectivity index (χ2n) is 4.90. The van der Waals surface area contributed by atoms with Gasteiger partial charge in [0.25, 0.3) is 0 Å². The van der Waals surface area contributed by atoms with Crippen LogP contribution >= 0.6 is 0 Å². The summed E-state index contributed by atoms with van der Waals surface area (Å²) in [6, 6.07) is 5.99. The van der Waals surface area contributed by atoms with Gasteiger partial charge >= 0.3 is 0 Å². The Labute approximate surface area is 115 Å². The van der Waals surface area contributed by atoms with Crippen molar-refractivity contribution in [2.45, 2.75) is 19.4 Å². The van der Waals surface area contributed by atoms with Crippen LogP contribution in [0.15, 0.2) is 18.2 Å². The van der Waals surface area contributed by atoms with Gasteiger partial charge < -0.3 is 19.5 Å². The van der Waals surface area contributed by atoms with E-state index in [4.69, 9.17) is 14.2 Å². The smallest absolute Gasteiger partial charge is 0.127 e. The van der Waals surface area contributed by atoms with Crippen LogP contribution in [-0.4, -0.2) is 34.0 Å². The second kappa shape index (κ2) is 7.36. The SMILES string of the molecule is COCCNCc1ccc(OC)cc1OCC1CC1.